The van der Waals surface area contributed by atoms with E-state index in [2.05, 4.69) is 22.6 Å². The Hall–Kier alpha value is -0.200. The van der Waals surface area contributed by atoms with Gasteiger partial charge < -0.3 is 15.5 Å². The van der Waals surface area contributed by atoms with Crippen LogP contribution in [-0.2, 0) is 4.84 Å². The molecule has 0 spiro atoms. The molecule has 96 valence electrons. The van der Waals surface area contributed by atoms with Gasteiger partial charge in [-0.3, -0.25) is 4.84 Å². The summed E-state index contributed by atoms with van der Waals surface area (Å²) < 4.78 is 0. The summed E-state index contributed by atoms with van der Waals surface area (Å²) in [6, 6.07) is 0. The van der Waals surface area contributed by atoms with E-state index in [1.807, 2.05) is 12.0 Å². The second-order valence-corrected chi connectivity index (χ2v) is 4.15. The number of rotatable bonds is 2. The van der Waals surface area contributed by atoms with Crippen molar-refractivity contribution in [3.8, 4) is 0 Å². The highest BCUT2D eigenvalue weighted by molar-refractivity contribution is 4.62. The maximum Gasteiger partial charge on any atom is 0.0656 e. The Labute approximate surface area is 99.1 Å². The lowest BCUT2D eigenvalue weighted by atomic mass is 10.4. The first-order valence-corrected chi connectivity index (χ1v) is 6.30. The molecule has 0 saturated carbocycles. The Morgan fingerprint density at radius 3 is 1.81 bits per heavy atom. The minimum Gasteiger partial charge on any atom is -0.314 e. The number of likely N-dealkylation sites (N-methyl/N-ethyl adjacent to an activating group) is 1. The largest absolute Gasteiger partial charge is 0.314 e. The van der Waals surface area contributed by atoms with Gasteiger partial charge in [-0.2, -0.15) is 5.06 Å². The lowest BCUT2D eigenvalue weighted by Gasteiger charge is -2.30. The number of nitrogens with zero attached hydrogens (tertiary/aromatic N) is 2. The molecule has 2 fully saturated rings. The Bertz CT molecular complexity index is 145. The summed E-state index contributed by atoms with van der Waals surface area (Å²) in [5.41, 5.74) is 0. The van der Waals surface area contributed by atoms with Gasteiger partial charge in [0.15, 0.2) is 0 Å². The topological polar surface area (TPSA) is 39.8 Å². The quantitative estimate of drug-likeness (QED) is 0.661. The first-order valence-electron chi connectivity index (χ1n) is 6.30. The molecular formula is C11H26N4O. The number of hydroxylamine groups is 2. The molecule has 0 bridgehead atoms. The summed E-state index contributed by atoms with van der Waals surface area (Å²) >= 11 is 0. The van der Waals surface area contributed by atoms with Crippen molar-refractivity contribution in [2.45, 2.75) is 6.92 Å². The van der Waals surface area contributed by atoms with Crippen LogP contribution in [0.1, 0.15) is 6.92 Å². The van der Waals surface area contributed by atoms with E-state index in [-0.39, 0.29) is 0 Å². The molecule has 0 radical (unpaired) electrons. The van der Waals surface area contributed by atoms with Crippen molar-refractivity contribution in [2.75, 3.05) is 66.0 Å². The second kappa shape index (κ2) is 8.90. The lowest BCUT2D eigenvalue weighted by molar-refractivity contribution is -0.170. The second-order valence-electron chi connectivity index (χ2n) is 4.15. The Morgan fingerprint density at radius 2 is 1.44 bits per heavy atom. The van der Waals surface area contributed by atoms with Crippen molar-refractivity contribution in [2.24, 2.45) is 0 Å². The van der Waals surface area contributed by atoms with Crippen molar-refractivity contribution >= 4 is 0 Å². The van der Waals surface area contributed by atoms with Crippen molar-refractivity contribution in [3.05, 3.63) is 0 Å². The molecule has 2 aliphatic heterocycles. The predicted octanol–water partition coefficient (Wildman–Crippen LogP) is -0.635. The van der Waals surface area contributed by atoms with Crippen LogP contribution in [0.25, 0.3) is 0 Å². The van der Waals surface area contributed by atoms with Crippen LogP contribution in [0.3, 0.4) is 0 Å². The average molecular weight is 230 g/mol. The van der Waals surface area contributed by atoms with Crippen LogP contribution >= 0.6 is 0 Å². The molecule has 2 N–H and O–H groups in total. The van der Waals surface area contributed by atoms with E-state index in [9.17, 15) is 0 Å². The molecule has 0 aromatic rings. The van der Waals surface area contributed by atoms with Gasteiger partial charge in [0.25, 0.3) is 0 Å². The molecule has 5 nitrogen and oxygen atoms in total. The minimum absolute atomic E-state index is 0.795. The highest BCUT2D eigenvalue weighted by Crippen LogP contribution is 1.98. The molecule has 2 aliphatic rings. The molecule has 0 aromatic heterocycles. The molecule has 2 rings (SSSR count). The number of hydrogen-bond donors (Lipinski definition) is 2. The summed E-state index contributed by atoms with van der Waals surface area (Å²) in [4.78, 5) is 7.65. The van der Waals surface area contributed by atoms with Gasteiger partial charge in [-0.15, -0.1) is 0 Å². The molecule has 0 aromatic carbocycles. The standard InChI is InChI=1S/C7H16N2O.C4H10N2/c1-3-10-9-6-4-8(2)5-7-9;1-2-6-4-3-5-1/h3-7H2,1-2H3;5-6H,1-4H2. The fraction of sp³-hybridized carbons (Fsp3) is 1.00. The zero-order valence-electron chi connectivity index (χ0n) is 10.7. The maximum atomic E-state index is 5.34. The van der Waals surface area contributed by atoms with Crippen molar-refractivity contribution < 1.29 is 4.84 Å². The molecule has 0 amide bonds. The fourth-order valence-electron chi connectivity index (χ4n) is 1.70. The molecule has 0 aliphatic carbocycles. The van der Waals surface area contributed by atoms with Crippen molar-refractivity contribution in [1.29, 1.82) is 0 Å². The van der Waals surface area contributed by atoms with Gasteiger partial charge in [-0.05, 0) is 14.0 Å². The third-order valence-corrected chi connectivity index (χ3v) is 2.73. The monoisotopic (exact) mass is 230 g/mol. The van der Waals surface area contributed by atoms with Gasteiger partial charge in [0, 0.05) is 52.4 Å². The highest BCUT2D eigenvalue weighted by Gasteiger charge is 2.12. The average Bonchev–Trinajstić information content (AvgIpc) is 2.35. The van der Waals surface area contributed by atoms with Crippen LogP contribution in [-0.4, -0.2) is 76.0 Å². The normalized spacial score (nSPS) is 23.6. The SMILES string of the molecule is C1CNCCN1.CCON1CCN(C)CC1. The zero-order chi connectivity index (χ0) is 11.6. The van der Waals surface area contributed by atoms with Gasteiger partial charge >= 0.3 is 0 Å². The lowest BCUT2D eigenvalue weighted by Crippen LogP contribution is -2.44. The predicted molar refractivity (Wildman–Crippen MR) is 66.4 cm³/mol. The summed E-state index contributed by atoms with van der Waals surface area (Å²) in [6.07, 6.45) is 0. The van der Waals surface area contributed by atoms with E-state index in [0.717, 1.165) is 59.0 Å². The molecule has 16 heavy (non-hydrogen) atoms. The molecule has 0 unspecified atom stereocenters. The van der Waals surface area contributed by atoms with E-state index in [1.165, 1.54) is 0 Å². The van der Waals surface area contributed by atoms with Gasteiger partial charge in [-0.25, -0.2) is 0 Å². The van der Waals surface area contributed by atoms with E-state index >= 15 is 0 Å². The van der Waals surface area contributed by atoms with Crippen LogP contribution < -0.4 is 10.6 Å². The molecular weight excluding hydrogens is 204 g/mol. The van der Waals surface area contributed by atoms with Crippen LogP contribution in [0.5, 0.6) is 0 Å². The highest BCUT2D eigenvalue weighted by atomic mass is 16.7. The first-order chi connectivity index (χ1) is 7.83. The van der Waals surface area contributed by atoms with Crippen molar-refractivity contribution in [3.63, 3.8) is 0 Å². The van der Waals surface area contributed by atoms with Crippen LogP contribution in [0.4, 0.5) is 0 Å². The molecule has 2 saturated heterocycles. The molecule has 5 heteroatoms. The van der Waals surface area contributed by atoms with Crippen LogP contribution in [0, 0.1) is 0 Å². The Balaban J connectivity index is 0.000000181. The van der Waals surface area contributed by atoms with E-state index in [4.69, 9.17) is 4.84 Å². The van der Waals surface area contributed by atoms with Crippen molar-refractivity contribution in [1.82, 2.24) is 20.6 Å². The van der Waals surface area contributed by atoms with Gasteiger partial charge in [0.05, 0.1) is 6.61 Å². The summed E-state index contributed by atoms with van der Waals surface area (Å²) in [6.45, 7) is 11.7. The number of hydrogen-bond acceptors (Lipinski definition) is 5. The van der Waals surface area contributed by atoms with Gasteiger partial charge in [0.1, 0.15) is 0 Å². The van der Waals surface area contributed by atoms with Crippen LogP contribution in [0.2, 0.25) is 0 Å². The van der Waals surface area contributed by atoms with Gasteiger partial charge in [-0.1, -0.05) is 0 Å². The molecule has 2 heterocycles. The number of piperazine rings is 2. The zero-order valence-corrected chi connectivity index (χ0v) is 10.7. The van der Waals surface area contributed by atoms with Gasteiger partial charge in [0.2, 0.25) is 0 Å². The summed E-state index contributed by atoms with van der Waals surface area (Å²) in [7, 11) is 2.14. The fourth-order valence-corrected chi connectivity index (χ4v) is 1.70. The Kier molecular flexibility index (Phi) is 7.71. The smallest absolute Gasteiger partial charge is 0.0656 e. The first kappa shape index (κ1) is 13.9. The maximum absolute atomic E-state index is 5.34. The third-order valence-electron chi connectivity index (χ3n) is 2.73. The van der Waals surface area contributed by atoms with E-state index < -0.39 is 0 Å². The summed E-state index contributed by atoms with van der Waals surface area (Å²) in [5.74, 6) is 0. The molecule has 0 atom stereocenters. The summed E-state index contributed by atoms with van der Waals surface area (Å²) in [5, 5.41) is 8.49. The van der Waals surface area contributed by atoms with E-state index in [0.29, 0.717) is 0 Å². The van der Waals surface area contributed by atoms with Crippen LogP contribution in [0.15, 0.2) is 0 Å². The Morgan fingerprint density at radius 1 is 0.938 bits per heavy atom. The van der Waals surface area contributed by atoms with E-state index in [1.54, 1.807) is 0 Å². The minimum atomic E-state index is 0.795. The third kappa shape index (κ3) is 6.40. The number of nitrogens with one attached hydrogen (secondary N) is 2.